The van der Waals surface area contributed by atoms with Gasteiger partial charge in [-0.05, 0) is 33.5 Å². The number of ketones is 1. The van der Waals surface area contributed by atoms with Gasteiger partial charge in [-0.1, -0.05) is 127 Å². The molecule has 0 aliphatic heterocycles. The van der Waals surface area contributed by atoms with E-state index in [9.17, 15) is 4.79 Å². The summed E-state index contributed by atoms with van der Waals surface area (Å²) in [6.45, 7) is 0. The van der Waals surface area contributed by atoms with Crippen LogP contribution in [0, 0.1) is 0 Å². The van der Waals surface area contributed by atoms with E-state index in [-0.39, 0.29) is 5.78 Å². The zero-order chi connectivity index (χ0) is 24.4. The molecule has 6 rings (SSSR count). The molecule has 1 aromatic heterocycles. The van der Waals surface area contributed by atoms with Crippen molar-refractivity contribution in [1.82, 2.24) is 9.55 Å². The van der Waals surface area contributed by atoms with E-state index in [0.29, 0.717) is 11.3 Å². The Hall–Kier alpha value is -4.76. The van der Waals surface area contributed by atoms with E-state index >= 15 is 0 Å². The molecule has 0 atom stereocenters. The van der Waals surface area contributed by atoms with Crippen molar-refractivity contribution in [2.24, 2.45) is 0 Å². The summed E-state index contributed by atoms with van der Waals surface area (Å²) in [6, 6.07) is 45.0. The average Bonchev–Trinajstić information content (AvgIpc) is 3.45. The van der Waals surface area contributed by atoms with Crippen LogP contribution in [0.2, 0.25) is 0 Å². The zero-order valence-electron chi connectivity index (χ0n) is 19.7. The van der Waals surface area contributed by atoms with Gasteiger partial charge < -0.3 is 4.57 Å². The maximum Gasteiger partial charge on any atom is 0.212 e. The van der Waals surface area contributed by atoms with E-state index in [2.05, 4.69) is 45.9 Å². The van der Waals surface area contributed by atoms with Gasteiger partial charge in [0.15, 0.2) is 0 Å². The lowest BCUT2D eigenvalue weighted by Crippen LogP contribution is -2.37. The van der Waals surface area contributed by atoms with Crippen LogP contribution in [0.5, 0.6) is 0 Å². The fraction of sp³-hybridized carbons (Fsp3) is 0.0303. The number of aromatic nitrogens is 2. The van der Waals surface area contributed by atoms with Crippen molar-refractivity contribution >= 4 is 16.6 Å². The Kier molecular flexibility index (Phi) is 5.51. The SMILES string of the molecule is O=C(c1ccc2ccccc2c1)c1cn(C(c2ccccc2)(c2ccccc2)c2ccccc2)cn1. The van der Waals surface area contributed by atoms with Gasteiger partial charge in [-0.15, -0.1) is 0 Å². The molecule has 0 unspecified atom stereocenters. The molecule has 0 N–H and O–H groups in total. The number of rotatable bonds is 6. The fourth-order valence-corrected chi connectivity index (χ4v) is 5.09. The van der Waals surface area contributed by atoms with Gasteiger partial charge in [0.1, 0.15) is 11.2 Å². The summed E-state index contributed by atoms with van der Waals surface area (Å²) in [7, 11) is 0. The van der Waals surface area contributed by atoms with E-state index in [1.165, 1.54) is 0 Å². The number of nitrogens with zero attached hydrogens (tertiary/aromatic N) is 2. The summed E-state index contributed by atoms with van der Waals surface area (Å²) in [6.07, 6.45) is 3.66. The van der Waals surface area contributed by atoms with Crippen LogP contribution in [-0.4, -0.2) is 15.3 Å². The minimum Gasteiger partial charge on any atom is -0.318 e. The van der Waals surface area contributed by atoms with Gasteiger partial charge in [0.2, 0.25) is 5.78 Å². The van der Waals surface area contributed by atoms with Crippen molar-refractivity contribution in [2.75, 3.05) is 0 Å². The molecule has 3 nitrogen and oxygen atoms in total. The minimum absolute atomic E-state index is 0.0948. The smallest absolute Gasteiger partial charge is 0.212 e. The molecule has 36 heavy (non-hydrogen) atoms. The van der Waals surface area contributed by atoms with E-state index in [1.54, 1.807) is 6.33 Å². The first kappa shape index (κ1) is 21.8. The Morgan fingerprint density at radius 2 is 1.08 bits per heavy atom. The minimum atomic E-state index is -0.696. The molecule has 0 saturated heterocycles. The Morgan fingerprint density at radius 3 is 1.64 bits per heavy atom. The van der Waals surface area contributed by atoms with Gasteiger partial charge in [0.25, 0.3) is 0 Å². The predicted molar refractivity (Wildman–Crippen MR) is 144 cm³/mol. The normalized spacial score (nSPS) is 11.4. The van der Waals surface area contributed by atoms with Crippen molar-refractivity contribution in [3.63, 3.8) is 0 Å². The van der Waals surface area contributed by atoms with Crippen LogP contribution < -0.4 is 0 Å². The van der Waals surface area contributed by atoms with Gasteiger partial charge in [0, 0.05) is 11.8 Å². The Balaban J connectivity index is 1.54. The summed E-state index contributed by atoms with van der Waals surface area (Å²) < 4.78 is 2.07. The third-order valence-corrected chi connectivity index (χ3v) is 6.79. The van der Waals surface area contributed by atoms with Crippen LogP contribution in [0.4, 0.5) is 0 Å². The van der Waals surface area contributed by atoms with E-state index in [0.717, 1.165) is 27.5 Å². The van der Waals surface area contributed by atoms with Crippen LogP contribution in [-0.2, 0) is 5.54 Å². The molecule has 0 fully saturated rings. The lowest BCUT2D eigenvalue weighted by atomic mass is 9.77. The first-order chi connectivity index (χ1) is 17.8. The molecule has 6 aromatic rings. The first-order valence-corrected chi connectivity index (χ1v) is 12.0. The summed E-state index contributed by atoms with van der Waals surface area (Å²) in [5.41, 5.74) is 3.61. The van der Waals surface area contributed by atoms with E-state index < -0.39 is 5.54 Å². The largest absolute Gasteiger partial charge is 0.318 e. The number of hydrogen-bond acceptors (Lipinski definition) is 2. The second-order valence-electron chi connectivity index (χ2n) is 8.87. The van der Waals surface area contributed by atoms with Crippen molar-refractivity contribution in [2.45, 2.75) is 5.54 Å². The second-order valence-corrected chi connectivity index (χ2v) is 8.87. The number of carbonyl (C=O) groups excluding carboxylic acids is 1. The molecule has 0 bridgehead atoms. The molecule has 172 valence electrons. The molecule has 0 saturated carbocycles. The summed E-state index contributed by atoms with van der Waals surface area (Å²) in [5, 5.41) is 2.14. The molecule has 0 aliphatic carbocycles. The van der Waals surface area contributed by atoms with Crippen molar-refractivity contribution in [3.8, 4) is 0 Å². The Morgan fingerprint density at radius 1 is 0.583 bits per heavy atom. The standard InChI is InChI=1S/C33H24N2O/c36-32(27-21-20-25-12-10-11-13-26(25)22-27)31-23-35(24-34-31)33(28-14-4-1-5-15-28,29-16-6-2-7-17-29)30-18-8-3-9-19-30/h1-24H. The molecule has 5 aromatic carbocycles. The van der Waals surface area contributed by atoms with E-state index in [1.807, 2.05) is 103 Å². The first-order valence-electron chi connectivity index (χ1n) is 12.0. The van der Waals surface area contributed by atoms with Crippen LogP contribution >= 0.6 is 0 Å². The lowest BCUT2D eigenvalue weighted by molar-refractivity contribution is 0.103. The maximum absolute atomic E-state index is 13.6. The molecule has 0 spiro atoms. The maximum atomic E-state index is 13.6. The van der Waals surface area contributed by atoms with Gasteiger partial charge in [0.05, 0.1) is 6.33 Å². The van der Waals surface area contributed by atoms with Crippen molar-refractivity contribution in [1.29, 1.82) is 0 Å². The monoisotopic (exact) mass is 464 g/mol. The summed E-state index contributed by atoms with van der Waals surface area (Å²) in [4.78, 5) is 18.2. The van der Waals surface area contributed by atoms with Crippen molar-refractivity contribution < 1.29 is 4.79 Å². The highest BCUT2D eigenvalue weighted by molar-refractivity contribution is 6.09. The van der Waals surface area contributed by atoms with Gasteiger partial charge in [-0.25, -0.2) is 4.98 Å². The third kappa shape index (κ3) is 3.62. The predicted octanol–water partition coefficient (Wildman–Crippen LogP) is 7.11. The zero-order valence-corrected chi connectivity index (χ0v) is 19.7. The summed E-state index contributed by atoms with van der Waals surface area (Å²) >= 11 is 0. The number of fused-ring (bicyclic) bond motifs is 1. The molecule has 0 aliphatic rings. The van der Waals surface area contributed by atoms with Gasteiger partial charge >= 0.3 is 0 Å². The highest BCUT2D eigenvalue weighted by Gasteiger charge is 2.38. The Labute approximate surface area is 210 Å². The molecule has 1 heterocycles. The van der Waals surface area contributed by atoms with Crippen LogP contribution in [0.1, 0.15) is 32.7 Å². The topological polar surface area (TPSA) is 34.9 Å². The van der Waals surface area contributed by atoms with Gasteiger partial charge in [-0.3, -0.25) is 4.79 Å². The average molecular weight is 465 g/mol. The number of benzene rings is 5. The molecule has 0 amide bonds. The molecule has 0 radical (unpaired) electrons. The highest BCUT2D eigenvalue weighted by atomic mass is 16.1. The third-order valence-electron chi connectivity index (χ3n) is 6.79. The number of imidazole rings is 1. The van der Waals surface area contributed by atoms with Crippen LogP contribution in [0.15, 0.2) is 146 Å². The lowest BCUT2D eigenvalue weighted by Gasteiger charge is -2.37. The van der Waals surface area contributed by atoms with Crippen LogP contribution in [0.25, 0.3) is 10.8 Å². The van der Waals surface area contributed by atoms with E-state index in [4.69, 9.17) is 0 Å². The van der Waals surface area contributed by atoms with Crippen LogP contribution in [0.3, 0.4) is 0 Å². The fourth-order valence-electron chi connectivity index (χ4n) is 5.09. The second kappa shape index (κ2) is 9.12. The highest BCUT2D eigenvalue weighted by Crippen LogP contribution is 2.40. The molecular formula is C33H24N2O. The number of carbonyl (C=O) groups is 1. The molecular weight excluding hydrogens is 440 g/mol. The molecule has 3 heteroatoms. The van der Waals surface area contributed by atoms with Crippen molar-refractivity contribution in [3.05, 3.63) is 174 Å². The summed E-state index contributed by atoms with van der Waals surface area (Å²) in [5.74, 6) is -0.0948. The number of hydrogen-bond donors (Lipinski definition) is 0. The van der Waals surface area contributed by atoms with Gasteiger partial charge in [-0.2, -0.15) is 0 Å². The quantitative estimate of drug-likeness (QED) is 0.194. The Bertz CT molecular complexity index is 1540.